The molecule has 0 radical (unpaired) electrons. The molecule has 170 valence electrons. The van der Waals surface area contributed by atoms with Gasteiger partial charge in [0.1, 0.15) is 22.9 Å². The van der Waals surface area contributed by atoms with Gasteiger partial charge in [-0.1, -0.05) is 16.5 Å². The Balaban J connectivity index is 1.53. The lowest BCUT2D eigenvalue weighted by Crippen LogP contribution is -2.22. The molecule has 0 N–H and O–H groups in total. The molecule has 34 heavy (non-hydrogen) atoms. The summed E-state index contributed by atoms with van der Waals surface area (Å²) in [5, 5.41) is 17.2. The van der Waals surface area contributed by atoms with Gasteiger partial charge in [-0.25, -0.2) is 14.3 Å². The topological polar surface area (TPSA) is 92.8 Å². The second kappa shape index (κ2) is 9.10. The third kappa shape index (κ3) is 4.20. The molecule has 10 heteroatoms. The van der Waals surface area contributed by atoms with Crippen molar-refractivity contribution in [2.45, 2.75) is 6.17 Å². The molecule has 0 amide bonds. The van der Waals surface area contributed by atoms with E-state index >= 15 is 0 Å². The molecule has 0 unspecified atom stereocenters. The first-order chi connectivity index (χ1) is 16.6. The smallest absolute Gasteiger partial charge is 0.213 e. The number of hydrogen-bond acceptors (Lipinski definition) is 7. The average molecular weight is 457 g/mol. The number of pyridine rings is 1. The molecule has 3 heterocycles. The number of methoxy groups -OCH3 is 2. The van der Waals surface area contributed by atoms with Crippen molar-refractivity contribution in [1.29, 1.82) is 0 Å². The van der Waals surface area contributed by atoms with Crippen molar-refractivity contribution in [3.63, 3.8) is 0 Å². The van der Waals surface area contributed by atoms with Crippen LogP contribution >= 0.6 is 0 Å². The Kier molecular flexibility index (Phi) is 5.69. The van der Waals surface area contributed by atoms with Gasteiger partial charge >= 0.3 is 0 Å². The van der Waals surface area contributed by atoms with Crippen molar-refractivity contribution in [3.8, 4) is 34.0 Å². The van der Waals surface area contributed by atoms with Crippen LogP contribution in [-0.2, 0) is 0 Å². The standard InChI is InChI=1S/C24H20FN7O2/c1-33-18-10-6-16(7-11-18)21-14-31(29-27-21)24(20-4-3-5-23(25)26-20)32-15-22(28-30-32)17-8-12-19(34-2)13-9-17/h3-15,24H,1-2H3. The lowest BCUT2D eigenvalue weighted by atomic mass is 10.1. The largest absolute Gasteiger partial charge is 0.497 e. The molecular weight excluding hydrogens is 437 g/mol. The molecule has 0 spiro atoms. The van der Waals surface area contributed by atoms with Crippen LogP contribution in [0.4, 0.5) is 4.39 Å². The maximum atomic E-state index is 14.0. The number of halogens is 1. The normalized spacial score (nSPS) is 11.1. The van der Waals surface area contributed by atoms with E-state index in [1.807, 2.05) is 48.5 Å². The predicted octanol–water partition coefficient (Wildman–Crippen LogP) is 3.85. The van der Waals surface area contributed by atoms with E-state index in [-0.39, 0.29) is 0 Å². The van der Waals surface area contributed by atoms with Crippen molar-refractivity contribution in [2.75, 3.05) is 14.2 Å². The second-order valence-corrected chi connectivity index (χ2v) is 7.38. The van der Waals surface area contributed by atoms with Gasteiger partial charge in [-0.05, 0) is 60.7 Å². The van der Waals surface area contributed by atoms with Crippen molar-refractivity contribution in [1.82, 2.24) is 35.0 Å². The summed E-state index contributed by atoms with van der Waals surface area (Å²) < 4.78 is 27.6. The fraction of sp³-hybridized carbons (Fsp3) is 0.125. The summed E-state index contributed by atoms with van der Waals surface area (Å²) in [6.45, 7) is 0. The maximum absolute atomic E-state index is 14.0. The van der Waals surface area contributed by atoms with E-state index in [2.05, 4.69) is 25.6 Å². The number of nitrogens with zero attached hydrogens (tertiary/aromatic N) is 7. The van der Waals surface area contributed by atoms with Gasteiger partial charge in [-0.3, -0.25) is 0 Å². The van der Waals surface area contributed by atoms with Crippen molar-refractivity contribution in [2.24, 2.45) is 0 Å². The summed E-state index contributed by atoms with van der Waals surface area (Å²) in [7, 11) is 3.22. The van der Waals surface area contributed by atoms with Crippen molar-refractivity contribution >= 4 is 0 Å². The molecule has 5 rings (SSSR count). The van der Waals surface area contributed by atoms with Crippen LogP contribution in [0.25, 0.3) is 22.5 Å². The summed E-state index contributed by atoms with van der Waals surface area (Å²) in [6, 6.07) is 19.5. The van der Waals surface area contributed by atoms with E-state index in [9.17, 15) is 4.39 Å². The van der Waals surface area contributed by atoms with E-state index in [0.717, 1.165) is 22.6 Å². The molecule has 0 bridgehead atoms. The Morgan fingerprint density at radius 1 is 0.706 bits per heavy atom. The van der Waals surface area contributed by atoms with Crippen LogP contribution in [0.5, 0.6) is 11.5 Å². The van der Waals surface area contributed by atoms with E-state index in [1.165, 1.54) is 6.07 Å². The SMILES string of the molecule is COc1ccc(-c2cn(C(c3cccc(F)n3)n3cc(-c4ccc(OC)cc4)nn3)nn2)cc1. The Bertz CT molecular complexity index is 1310. The number of hydrogen-bond donors (Lipinski definition) is 0. The van der Waals surface area contributed by atoms with E-state index in [1.54, 1.807) is 48.1 Å². The minimum atomic E-state index is -0.699. The Hall–Kier alpha value is -4.60. The molecule has 0 saturated heterocycles. The number of aromatic nitrogens is 7. The van der Waals surface area contributed by atoms with Crippen LogP contribution in [-0.4, -0.2) is 49.2 Å². The van der Waals surface area contributed by atoms with E-state index in [4.69, 9.17) is 9.47 Å². The fourth-order valence-corrected chi connectivity index (χ4v) is 3.54. The zero-order chi connectivity index (χ0) is 23.5. The minimum Gasteiger partial charge on any atom is -0.497 e. The van der Waals surface area contributed by atoms with Crippen LogP contribution in [0.1, 0.15) is 11.9 Å². The summed E-state index contributed by atoms with van der Waals surface area (Å²) in [6.07, 6.45) is 2.82. The van der Waals surface area contributed by atoms with Crippen molar-refractivity contribution < 1.29 is 13.9 Å². The first-order valence-electron chi connectivity index (χ1n) is 10.4. The maximum Gasteiger partial charge on any atom is 0.213 e. The third-order valence-corrected chi connectivity index (χ3v) is 5.29. The zero-order valence-electron chi connectivity index (χ0n) is 18.4. The van der Waals surface area contributed by atoms with Gasteiger partial charge in [0, 0.05) is 11.1 Å². The zero-order valence-corrected chi connectivity index (χ0v) is 18.4. The average Bonchev–Trinajstić information content (AvgIpc) is 3.55. The Morgan fingerprint density at radius 2 is 1.21 bits per heavy atom. The van der Waals surface area contributed by atoms with E-state index < -0.39 is 12.1 Å². The summed E-state index contributed by atoms with van der Waals surface area (Å²) in [4.78, 5) is 4.06. The van der Waals surface area contributed by atoms with Crippen LogP contribution < -0.4 is 9.47 Å². The molecular formula is C24H20FN7O2. The van der Waals surface area contributed by atoms with Gasteiger partial charge in [0.05, 0.1) is 32.3 Å². The minimum absolute atomic E-state index is 0.400. The molecule has 9 nitrogen and oxygen atoms in total. The lowest BCUT2D eigenvalue weighted by Gasteiger charge is -2.16. The molecule has 3 aromatic heterocycles. The molecule has 0 atom stereocenters. The second-order valence-electron chi connectivity index (χ2n) is 7.38. The van der Waals surface area contributed by atoms with Crippen LogP contribution in [0, 0.1) is 5.95 Å². The van der Waals surface area contributed by atoms with Gasteiger partial charge in [0.15, 0.2) is 6.17 Å². The Morgan fingerprint density at radius 3 is 1.65 bits per heavy atom. The third-order valence-electron chi connectivity index (χ3n) is 5.29. The van der Waals surface area contributed by atoms with Gasteiger partial charge in [0.25, 0.3) is 0 Å². The molecule has 0 saturated carbocycles. The van der Waals surface area contributed by atoms with Crippen LogP contribution in [0.2, 0.25) is 0 Å². The lowest BCUT2D eigenvalue weighted by molar-refractivity contribution is 0.387. The highest BCUT2D eigenvalue weighted by molar-refractivity contribution is 5.59. The highest BCUT2D eigenvalue weighted by Gasteiger charge is 2.22. The summed E-state index contributed by atoms with van der Waals surface area (Å²) >= 11 is 0. The number of rotatable bonds is 7. The molecule has 0 fully saturated rings. The predicted molar refractivity (Wildman–Crippen MR) is 122 cm³/mol. The van der Waals surface area contributed by atoms with Crippen LogP contribution in [0.3, 0.4) is 0 Å². The summed E-state index contributed by atoms with van der Waals surface area (Å²) in [5.41, 5.74) is 3.39. The molecule has 0 aliphatic heterocycles. The molecule has 0 aliphatic rings. The van der Waals surface area contributed by atoms with Gasteiger partial charge in [-0.15, -0.1) is 10.2 Å². The quantitative estimate of drug-likeness (QED) is 0.343. The monoisotopic (exact) mass is 457 g/mol. The highest BCUT2D eigenvalue weighted by Crippen LogP contribution is 2.26. The first kappa shape index (κ1) is 21.3. The van der Waals surface area contributed by atoms with Crippen molar-refractivity contribution in [3.05, 3.63) is 90.8 Å². The first-order valence-corrected chi connectivity index (χ1v) is 10.4. The summed E-state index contributed by atoms with van der Waals surface area (Å²) in [5.74, 6) is 0.881. The molecule has 5 aromatic rings. The van der Waals surface area contributed by atoms with Gasteiger partial charge in [-0.2, -0.15) is 4.39 Å². The fourth-order valence-electron chi connectivity index (χ4n) is 3.54. The molecule has 2 aromatic carbocycles. The van der Waals surface area contributed by atoms with Gasteiger partial charge < -0.3 is 9.47 Å². The molecule has 0 aliphatic carbocycles. The van der Waals surface area contributed by atoms with Crippen LogP contribution in [0.15, 0.2) is 79.1 Å². The number of benzene rings is 2. The van der Waals surface area contributed by atoms with E-state index in [0.29, 0.717) is 17.1 Å². The van der Waals surface area contributed by atoms with Gasteiger partial charge in [0.2, 0.25) is 5.95 Å². The highest BCUT2D eigenvalue weighted by atomic mass is 19.1. The number of ether oxygens (including phenoxy) is 2. The Labute approximate surface area is 194 Å².